The van der Waals surface area contributed by atoms with Gasteiger partial charge in [-0.25, -0.2) is 0 Å². The predicted octanol–water partition coefficient (Wildman–Crippen LogP) is 3.50. The van der Waals surface area contributed by atoms with Gasteiger partial charge in [0.25, 0.3) is 0 Å². The van der Waals surface area contributed by atoms with Gasteiger partial charge in [0, 0.05) is 0 Å². The van der Waals surface area contributed by atoms with Crippen LogP contribution in [-0.4, -0.2) is 55.5 Å². The summed E-state index contributed by atoms with van der Waals surface area (Å²) in [6.07, 6.45) is 5.98. The molecule has 0 aromatic carbocycles. The molecule has 0 amide bonds. The zero-order chi connectivity index (χ0) is 23.6. The Morgan fingerprint density at radius 1 is 0.938 bits per heavy atom. The van der Waals surface area contributed by atoms with Crippen LogP contribution in [0.4, 0.5) is 0 Å². The third-order valence-electron chi connectivity index (χ3n) is 11.2. The van der Waals surface area contributed by atoms with Crippen molar-refractivity contribution in [3.05, 3.63) is 0 Å². The minimum absolute atomic E-state index is 0.103. The minimum Gasteiger partial charge on any atom is -0.393 e. The number of aliphatic hydroxyl groups excluding tert-OH is 4. The lowest BCUT2D eigenvalue weighted by Crippen LogP contribution is -2.62. The van der Waals surface area contributed by atoms with Crippen molar-refractivity contribution >= 4 is 0 Å². The van der Waals surface area contributed by atoms with E-state index in [-0.39, 0.29) is 35.1 Å². The van der Waals surface area contributed by atoms with E-state index in [1.807, 2.05) is 0 Å². The monoisotopic (exact) mass is 452 g/mol. The molecule has 12 atom stereocenters. The smallest absolute Gasteiger partial charge is 0.0849 e. The van der Waals surface area contributed by atoms with Crippen molar-refractivity contribution in [3.8, 4) is 0 Å². The lowest BCUT2D eigenvalue weighted by atomic mass is 9.43. The average Bonchev–Trinajstić information content (AvgIpc) is 3.06. The lowest BCUT2D eigenvalue weighted by Gasteiger charge is -2.63. The van der Waals surface area contributed by atoms with Crippen LogP contribution in [0.25, 0.3) is 0 Å². The van der Waals surface area contributed by atoms with Gasteiger partial charge in [-0.05, 0) is 118 Å². The Morgan fingerprint density at radius 2 is 1.62 bits per heavy atom. The molecule has 32 heavy (non-hydrogen) atoms. The van der Waals surface area contributed by atoms with Crippen LogP contribution < -0.4 is 0 Å². The second-order valence-corrected chi connectivity index (χ2v) is 13.2. The van der Waals surface area contributed by atoms with Crippen LogP contribution in [0.15, 0.2) is 0 Å². The summed E-state index contributed by atoms with van der Waals surface area (Å²) in [6.45, 7) is 10.2. The summed E-state index contributed by atoms with van der Waals surface area (Å²) in [6, 6.07) is 0. The van der Waals surface area contributed by atoms with E-state index in [0.29, 0.717) is 36.0 Å². The second-order valence-electron chi connectivity index (χ2n) is 13.2. The van der Waals surface area contributed by atoms with Crippen molar-refractivity contribution in [2.75, 3.05) is 0 Å². The molecule has 4 aliphatic carbocycles. The van der Waals surface area contributed by atoms with E-state index in [2.05, 4.69) is 20.8 Å². The van der Waals surface area contributed by atoms with Gasteiger partial charge in [0.2, 0.25) is 0 Å². The van der Waals surface area contributed by atoms with Crippen molar-refractivity contribution < 1.29 is 25.5 Å². The van der Waals surface area contributed by atoms with E-state index in [0.717, 1.165) is 51.4 Å². The highest BCUT2D eigenvalue weighted by molar-refractivity contribution is 5.14. The van der Waals surface area contributed by atoms with Crippen molar-refractivity contribution in [2.45, 2.75) is 122 Å². The third kappa shape index (κ3) is 3.88. The quantitative estimate of drug-likeness (QED) is 0.440. The molecular formula is C27H48O5. The molecule has 4 fully saturated rings. The van der Waals surface area contributed by atoms with Gasteiger partial charge in [-0.1, -0.05) is 20.8 Å². The molecule has 0 bridgehead atoms. The highest BCUT2D eigenvalue weighted by Gasteiger charge is 2.65. The summed E-state index contributed by atoms with van der Waals surface area (Å²) >= 11 is 0. The SMILES string of the molecule is C[C@H](CCC(O)C(C)(C)O)[C@H]1CC[C@H]2[C@@H]3[C@H](O)C[C@@H]4CC(O)CC[C@]4(C)[C@H]3C[C@H](O)[C@]12C. The Kier molecular flexibility index (Phi) is 6.60. The Balaban J connectivity index is 1.54. The third-order valence-corrected chi connectivity index (χ3v) is 11.2. The highest BCUT2D eigenvalue weighted by Crippen LogP contribution is 2.68. The van der Waals surface area contributed by atoms with Gasteiger partial charge in [-0.2, -0.15) is 0 Å². The van der Waals surface area contributed by atoms with Gasteiger partial charge in [-0.3, -0.25) is 0 Å². The zero-order valence-electron chi connectivity index (χ0n) is 20.9. The zero-order valence-corrected chi connectivity index (χ0v) is 20.9. The number of hydrogen-bond donors (Lipinski definition) is 5. The van der Waals surface area contributed by atoms with Gasteiger partial charge >= 0.3 is 0 Å². The molecule has 4 saturated carbocycles. The van der Waals surface area contributed by atoms with Crippen LogP contribution in [0.3, 0.4) is 0 Å². The van der Waals surface area contributed by atoms with E-state index >= 15 is 0 Å². The van der Waals surface area contributed by atoms with E-state index in [4.69, 9.17) is 0 Å². The van der Waals surface area contributed by atoms with E-state index < -0.39 is 11.7 Å². The minimum atomic E-state index is -1.09. The first-order valence-corrected chi connectivity index (χ1v) is 13.2. The maximum Gasteiger partial charge on any atom is 0.0849 e. The van der Waals surface area contributed by atoms with Gasteiger partial charge in [-0.15, -0.1) is 0 Å². The molecule has 5 nitrogen and oxygen atoms in total. The van der Waals surface area contributed by atoms with Crippen LogP contribution in [0.1, 0.15) is 92.4 Å². The molecule has 186 valence electrons. The lowest BCUT2D eigenvalue weighted by molar-refractivity contribution is -0.207. The summed E-state index contributed by atoms with van der Waals surface area (Å²) in [4.78, 5) is 0. The summed E-state index contributed by atoms with van der Waals surface area (Å²) in [5.74, 6) is 1.94. The maximum atomic E-state index is 11.6. The molecule has 5 N–H and O–H groups in total. The van der Waals surface area contributed by atoms with Gasteiger partial charge in [0.15, 0.2) is 0 Å². The van der Waals surface area contributed by atoms with Crippen LogP contribution >= 0.6 is 0 Å². The molecule has 5 heteroatoms. The van der Waals surface area contributed by atoms with Crippen molar-refractivity contribution in [1.82, 2.24) is 0 Å². The van der Waals surface area contributed by atoms with Crippen molar-refractivity contribution in [2.24, 2.45) is 46.3 Å². The molecule has 4 rings (SSSR count). The van der Waals surface area contributed by atoms with Crippen LogP contribution in [0, 0.1) is 46.3 Å². The molecule has 0 heterocycles. The Bertz CT molecular complexity index is 675. The summed E-state index contributed by atoms with van der Waals surface area (Å²) in [7, 11) is 0. The van der Waals surface area contributed by atoms with Crippen molar-refractivity contribution in [1.29, 1.82) is 0 Å². The molecular weight excluding hydrogens is 404 g/mol. The van der Waals surface area contributed by atoms with Gasteiger partial charge in [0.05, 0.1) is 30.0 Å². The first kappa shape index (κ1) is 24.9. The van der Waals surface area contributed by atoms with Gasteiger partial charge < -0.3 is 25.5 Å². The fraction of sp³-hybridized carbons (Fsp3) is 1.00. The largest absolute Gasteiger partial charge is 0.393 e. The van der Waals surface area contributed by atoms with Crippen LogP contribution in [0.2, 0.25) is 0 Å². The molecule has 0 aromatic rings. The number of aliphatic hydroxyl groups is 5. The average molecular weight is 453 g/mol. The molecule has 0 spiro atoms. The molecule has 0 radical (unpaired) electrons. The first-order valence-electron chi connectivity index (χ1n) is 13.2. The molecule has 4 aliphatic rings. The summed E-state index contributed by atoms with van der Waals surface area (Å²) in [5, 5.41) is 53.7. The summed E-state index contributed by atoms with van der Waals surface area (Å²) < 4.78 is 0. The van der Waals surface area contributed by atoms with E-state index in [1.165, 1.54) is 0 Å². The van der Waals surface area contributed by atoms with Crippen LogP contribution in [-0.2, 0) is 0 Å². The van der Waals surface area contributed by atoms with Crippen LogP contribution in [0.5, 0.6) is 0 Å². The fourth-order valence-electron chi connectivity index (χ4n) is 9.11. The summed E-state index contributed by atoms with van der Waals surface area (Å²) in [5.41, 5.74) is -1.20. The molecule has 0 aromatic heterocycles. The first-order chi connectivity index (χ1) is 14.8. The number of fused-ring (bicyclic) bond motifs is 5. The highest BCUT2D eigenvalue weighted by atomic mass is 16.3. The van der Waals surface area contributed by atoms with Gasteiger partial charge in [0.1, 0.15) is 0 Å². The van der Waals surface area contributed by atoms with Crippen molar-refractivity contribution in [3.63, 3.8) is 0 Å². The maximum absolute atomic E-state index is 11.6. The molecule has 2 unspecified atom stereocenters. The molecule has 0 aliphatic heterocycles. The van der Waals surface area contributed by atoms with E-state index in [1.54, 1.807) is 13.8 Å². The van der Waals surface area contributed by atoms with E-state index in [9.17, 15) is 25.5 Å². The number of hydrogen-bond acceptors (Lipinski definition) is 5. The Hall–Kier alpha value is -0.200. The topological polar surface area (TPSA) is 101 Å². The second kappa shape index (κ2) is 8.48. The number of rotatable bonds is 5. The Labute approximate surface area is 194 Å². The fourth-order valence-corrected chi connectivity index (χ4v) is 9.11. The standard InChI is InChI=1S/C27H48O5/c1-15(6-9-22(30)25(2,3)32)18-7-8-19-24-20(14-23(31)27(18,19)5)26(4)11-10-17(28)12-16(26)13-21(24)29/h15-24,28-32H,6-14H2,1-5H3/t15-,16+,17?,18-,19+,20+,21-,22?,23+,24+,26+,27-/m1/s1. The molecule has 0 saturated heterocycles. The normalized spacial score (nSPS) is 50.8. The Morgan fingerprint density at radius 3 is 2.28 bits per heavy atom. The predicted molar refractivity (Wildman–Crippen MR) is 125 cm³/mol.